The van der Waals surface area contributed by atoms with Crippen molar-refractivity contribution in [2.75, 3.05) is 7.05 Å². The Kier molecular flexibility index (Phi) is 3.81. The zero-order valence-corrected chi connectivity index (χ0v) is 12.7. The number of benzene rings is 1. The summed E-state index contributed by atoms with van der Waals surface area (Å²) in [5, 5.41) is 3.38. The van der Waals surface area contributed by atoms with Crippen LogP contribution in [0.1, 0.15) is 45.2 Å². The van der Waals surface area contributed by atoms with Crippen LogP contribution in [-0.2, 0) is 0 Å². The highest BCUT2D eigenvalue weighted by Gasteiger charge is 2.22. The minimum Gasteiger partial charge on any atom is -0.467 e. The van der Waals surface area contributed by atoms with Crippen molar-refractivity contribution in [1.82, 2.24) is 5.32 Å². The molecule has 19 heavy (non-hydrogen) atoms. The summed E-state index contributed by atoms with van der Waals surface area (Å²) in [5.41, 5.74) is 8.22. The molecule has 102 valence electrons. The zero-order valence-electron chi connectivity index (χ0n) is 12.7. The van der Waals surface area contributed by atoms with Crippen molar-refractivity contribution in [2.45, 2.75) is 40.7 Å². The van der Waals surface area contributed by atoms with E-state index in [1.54, 1.807) is 6.26 Å². The summed E-state index contributed by atoms with van der Waals surface area (Å²) < 4.78 is 5.60. The van der Waals surface area contributed by atoms with Crippen molar-refractivity contribution in [3.8, 4) is 0 Å². The summed E-state index contributed by atoms with van der Waals surface area (Å²) in [6.45, 7) is 11.0. The molecule has 2 heteroatoms. The molecule has 2 rings (SSSR count). The van der Waals surface area contributed by atoms with Crippen LogP contribution in [0.4, 0.5) is 0 Å². The molecule has 1 aromatic carbocycles. The highest BCUT2D eigenvalue weighted by molar-refractivity contribution is 5.52. The summed E-state index contributed by atoms with van der Waals surface area (Å²) in [4.78, 5) is 0. The van der Waals surface area contributed by atoms with E-state index in [0.29, 0.717) is 0 Å². The Hall–Kier alpha value is -1.54. The minimum atomic E-state index is 0.119. The third-order valence-corrected chi connectivity index (χ3v) is 4.46. The smallest absolute Gasteiger partial charge is 0.125 e. The molecule has 0 spiro atoms. The number of furan rings is 1. The van der Waals surface area contributed by atoms with Crippen LogP contribution in [-0.4, -0.2) is 7.05 Å². The van der Waals surface area contributed by atoms with Gasteiger partial charge >= 0.3 is 0 Å². The van der Waals surface area contributed by atoms with Gasteiger partial charge in [0.1, 0.15) is 5.76 Å². The van der Waals surface area contributed by atoms with Crippen LogP contribution in [0.3, 0.4) is 0 Å². The number of nitrogens with one attached hydrogen (secondary N) is 1. The van der Waals surface area contributed by atoms with E-state index in [4.69, 9.17) is 4.42 Å². The average Bonchev–Trinajstić information content (AvgIpc) is 2.93. The number of hydrogen-bond acceptors (Lipinski definition) is 2. The molecule has 2 nitrogen and oxygen atoms in total. The zero-order chi connectivity index (χ0) is 14.2. The van der Waals surface area contributed by atoms with Gasteiger partial charge in [-0.05, 0) is 87.2 Å². The van der Waals surface area contributed by atoms with Crippen molar-refractivity contribution in [1.29, 1.82) is 0 Å². The Balaban J connectivity index is 2.68. The van der Waals surface area contributed by atoms with Gasteiger partial charge in [-0.25, -0.2) is 0 Å². The molecule has 0 amide bonds. The largest absolute Gasteiger partial charge is 0.467 e. The van der Waals surface area contributed by atoms with Crippen molar-refractivity contribution in [3.63, 3.8) is 0 Å². The maximum absolute atomic E-state index is 5.60. The number of rotatable bonds is 3. The second kappa shape index (κ2) is 5.22. The monoisotopic (exact) mass is 257 g/mol. The first kappa shape index (κ1) is 13.9. The molecule has 0 saturated carbocycles. The van der Waals surface area contributed by atoms with Gasteiger partial charge in [0, 0.05) is 0 Å². The molecule has 0 radical (unpaired) electrons. The summed E-state index contributed by atoms with van der Waals surface area (Å²) in [6.07, 6.45) is 1.73. The van der Waals surface area contributed by atoms with E-state index in [2.05, 4.69) is 39.9 Å². The lowest BCUT2D eigenvalue weighted by atomic mass is 9.85. The molecule has 1 N–H and O–H groups in total. The van der Waals surface area contributed by atoms with Crippen LogP contribution in [0.15, 0.2) is 22.8 Å². The molecule has 0 bridgehead atoms. The highest BCUT2D eigenvalue weighted by Crippen LogP contribution is 2.33. The van der Waals surface area contributed by atoms with Gasteiger partial charge in [0.2, 0.25) is 0 Å². The van der Waals surface area contributed by atoms with Crippen LogP contribution in [0, 0.1) is 34.6 Å². The second-order valence-corrected chi connectivity index (χ2v) is 5.28. The molecule has 0 aliphatic carbocycles. The lowest BCUT2D eigenvalue weighted by Gasteiger charge is -2.24. The standard InChI is InChI=1S/C17H23NO/c1-10-11(2)13(4)16(14(5)12(10)3)17(18-6)15-8-7-9-19-15/h7-9,17-18H,1-6H3. The predicted octanol–water partition coefficient (Wildman–Crippen LogP) is 4.13. The maximum Gasteiger partial charge on any atom is 0.125 e. The normalized spacial score (nSPS) is 12.7. The SMILES string of the molecule is CNC(c1ccco1)c1c(C)c(C)c(C)c(C)c1C. The molecule has 1 atom stereocenters. The molecule has 0 aliphatic rings. The van der Waals surface area contributed by atoms with Gasteiger partial charge in [0.15, 0.2) is 0 Å². The summed E-state index contributed by atoms with van der Waals surface area (Å²) in [7, 11) is 1.98. The molecule has 0 fully saturated rings. The van der Waals surface area contributed by atoms with Crippen molar-refractivity contribution in [3.05, 3.63) is 57.5 Å². The van der Waals surface area contributed by atoms with Crippen molar-refractivity contribution in [2.24, 2.45) is 0 Å². The Labute approximate surface area is 115 Å². The first-order valence-corrected chi connectivity index (χ1v) is 6.76. The third kappa shape index (κ3) is 2.21. The quantitative estimate of drug-likeness (QED) is 0.894. The molecule has 0 saturated heterocycles. The Morgan fingerprint density at radius 2 is 1.42 bits per heavy atom. The summed E-state index contributed by atoms with van der Waals surface area (Å²) in [6, 6.07) is 4.09. The van der Waals surface area contributed by atoms with Crippen LogP contribution in [0.5, 0.6) is 0 Å². The van der Waals surface area contributed by atoms with Crippen molar-refractivity contribution >= 4 is 0 Å². The molecular weight excluding hydrogens is 234 g/mol. The minimum absolute atomic E-state index is 0.119. The van der Waals surface area contributed by atoms with Gasteiger partial charge in [-0.3, -0.25) is 0 Å². The Bertz CT molecular complexity index is 553. The van der Waals surface area contributed by atoms with Crippen molar-refractivity contribution < 1.29 is 4.42 Å². The van der Waals surface area contributed by atoms with Gasteiger partial charge in [-0.15, -0.1) is 0 Å². The second-order valence-electron chi connectivity index (χ2n) is 5.28. The van der Waals surface area contributed by atoms with E-state index in [1.165, 1.54) is 33.4 Å². The van der Waals surface area contributed by atoms with E-state index in [9.17, 15) is 0 Å². The van der Waals surface area contributed by atoms with E-state index < -0.39 is 0 Å². The molecule has 1 aromatic heterocycles. The fourth-order valence-corrected chi connectivity index (χ4v) is 2.85. The van der Waals surface area contributed by atoms with Crippen LogP contribution in [0.2, 0.25) is 0 Å². The van der Waals surface area contributed by atoms with Gasteiger partial charge in [0.05, 0.1) is 12.3 Å². The maximum atomic E-state index is 5.60. The lowest BCUT2D eigenvalue weighted by Crippen LogP contribution is -2.20. The van der Waals surface area contributed by atoms with Gasteiger partial charge < -0.3 is 9.73 Å². The predicted molar refractivity (Wildman–Crippen MR) is 79.7 cm³/mol. The fraction of sp³-hybridized carbons (Fsp3) is 0.412. The highest BCUT2D eigenvalue weighted by atomic mass is 16.3. The molecular formula is C17H23NO. The van der Waals surface area contributed by atoms with E-state index >= 15 is 0 Å². The molecule has 0 aliphatic heterocycles. The third-order valence-electron chi connectivity index (χ3n) is 4.46. The Morgan fingerprint density at radius 1 is 0.895 bits per heavy atom. The van der Waals surface area contributed by atoms with Gasteiger partial charge in [-0.2, -0.15) is 0 Å². The summed E-state index contributed by atoms with van der Waals surface area (Å²) >= 11 is 0. The van der Waals surface area contributed by atoms with Crippen LogP contribution < -0.4 is 5.32 Å². The van der Waals surface area contributed by atoms with Gasteiger partial charge in [0.25, 0.3) is 0 Å². The molecule has 2 aromatic rings. The Morgan fingerprint density at radius 3 is 1.84 bits per heavy atom. The number of hydrogen-bond donors (Lipinski definition) is 1. The van der Waals surface area contributed by atoms with E-state index in [1.807, 2.05) is 19.2 Å². The average molecular weight is 257 g/mol. The van der Waals surface area contributed by atoms with Crippen LogP contribution >= 0.6 is 0 Å². The summed E-state index contributed by atoms with van der Waals surface area (Å²) in [5.74, 6) is 0.969. The topological polar surface area (TPSA) is 25.2 Å². The lowest BCUT2D eigenvalue weighted by molar-refractivity contribution is 0.461. The first-order chi connectivity index (χ1) is 8.99. The molecule has 1 unspecified atom stereocenters. The van der Waals surface area contributed by atoms with Gasteiger partial charge in [-0.1, -0.05) is 0 Å². The van der Waals surface area contributed by atoms with Crippen LogP contribution in [0.25, 0.3) is 0 Å². The molecule has 1 heterocycles. The fourth-order valence-electron chi connectivity index (χ4n) is 2.85. The van der Waals surface area contributed by atoms with E-state index in [0.717, 1.165) is 5.76 Å². The van der Waals surface area contributed by atoms with E-state index in [-0.39, 0.29) is 6.04 Å². The first-order valence-electron chi connectivity index (χ1n) is 6.76.